The zero-order valence-corrected chi connectivity index (χ0v) is 22.4. The van der Waals surface area contributed by atoms with E-state index in [-0.39, 0.29) is 48.1 Å². The highest BCUT2D eigenvalue weighted by molar-refractivity contribution is 5.96. The van der Waals surface area contributed by atoms with Gasteiger partial charge in [0.2, 0.25) is 11.8 Å². The van der Waals surface area contributed by atoms with Gasteiger partial charge in [0.25, 0.3) is 5.91 Å². The molecule has 4 rings (SSSR count). The number of aryl methyl sites for hydroxylation is 1. The second-order valence-electron chi connectivity index (χ2n) is 11.1. The van der Waals surface area contributed by atoms with Crippen molar-refractivity contribution in [3.8, 4) is 0 Å². The Morgan fingerprint density at radius 1 is 1.18 bits per heavy atom. The number of hydrogen-bond donors (Lipinski definition) is 4. The van der Waals surface area contributed by atoms with E-state index in [0.717, 1.165) is 17.5 Å². The van der Waals surface area contributed by atoms with E-state index in [1.54, 1.807) is 43.0 Å². The van der Waals surface area contributed by atoms with Gasteiger partial charge >= 0.3 is 0 Å². The van der Waals surface area contributed by atoms with Crippen LogP contribution in [0, 0.1) is 18.7 Å². The second kappa shape index (κ2) is 11.2. The molecule has 3 amide bonds. The number of halogens is 1. The topological polar surface area (TPSA) is 111 Å². The lowest BCUT2D eigenvalue weighted by Gasteiger charge is -2.37. The van der Waals surface area contributed by atoms with Crippen LogP contribution in [-0.4, -0.2) is 52.0 Å². The third-order valence-electron chi connectivity index (χ3n) is 7.64. The highest BCUT2D eigenvalue weighted by atomic mass is 19.1. The minimum atomic E-state index is -1.15. The molecule has 0 aliphatic carbocycles. The van der Waals surface area contributed by atoms with Crippen LogP contribution in [0.15, 0.2) is 42.5 Å². The number of benzene rings is 2. The summed E-state index contributed by atoms with van der Waals surface area (Å²) in [5.74, 6) is -1.29. The van der Waals surface area contributed by atoms with Gasteiger partial charge in [-0.15, -0.1) is 0 Å². The standard InChI is InChI=1S/C29H37FN4O4/c1-17-12-21(9-8-19(17)14-22-13-18(2)32-33-28(22)37)27(36)31-16-26(35)34-24(10-11-25(34)29(3,4)38)20-6-5-7-23(30)15-20/h5-9,12,15,18,22,24-25,32,38H,10-11,13-14,16H2,1-4H3,(H,31,36)(H,33,37)/t18?,22?,24-,25+/m0/s1. The van der Waals surface area contributed by atoms with Gasteiger partial charge < -0.3 is 15.3 Å². The molecule has 2 unspecified atom stereocenters. The first-order valence-corrected chi connectivity index (χ1v) is 13.2. The minimum absolute atomic E-state index is 0.0364. The van der Waals surface area contributed by atoms with E-state index in [9.17, 15) is 23.9 Å². The lowest BCUT2D eigenvalue weighted by molar-refractivity contribution is -0.138. The van der Waals surface area contributed by atoms with Crippen molar-refractivity contribution in [3.63, 3.8) is 0 Å². The molecule has 2 heterocycles. The molecule has 2 fully saturated rings. The quantitative estimate of drug-likeness (QED) is 0.445. The summed E-state index contributed by atoms with van der Waals surface area (Å²) in [5, 5.41) is 13.4. The van der Waals surface area contributed by atoms with Gasteiger partial charge in [-0.2, -0.15) is 0 Å². The Bertz CT molecular complexity index is 1210. The number of hydrogen-bond acceptors (Lipinski definition) is 5. The van der Waals surface area contributed by atoms with Crippen LogP contribution < -0.4 is 16.2 Å². The molecule has 0 aromatic heterocycles. The van der Waals surface area contributed by atoms with Crippen LogP contribution in [0.2, 0.25) is 0 Å². The third kappa shape index (κ3) is 6.22. The van der Waals surface area contributed by atoms with Gasteiger partial charge in [0, 0.05) is 17.5 Å². The van der Waals surface area contributed by atoms with Gasteiger partial charge in [-0.1, -0.05) is 18.2 Å². The summed E-state index contributed by atoms with van der Waals surface area (Å²) >= 11 is 0. The molecule has 2 aliphatic rings. The van der Waals surface area contributed by atoms with Crippen LogP contribution in [0.4, 0.5) is 4.39 Å². The fourth-order valence-electron chi connectivity index (χ4n) is 5.64. The summed E-state index contributed by atoms with van der Waals surface area (Å²) in [7, 11) is 0. The highest BCUT2D eigenvalue weighted by Crippen LogP contribution is 2.40. The summed E-state index contributed by atoms with van der Waals surface area (Å²) in [5.41, 5.74) is 7.47. The summed E-state index contributed by atoms with van der Waals surface area (Å²) in [6, 6.07) is 10.8. The molecule has 4 atom stereocenters. The average molecular weight is 525 g/mol. The van der Waals surface area contributed by atoms with Crippen molar-refractivity contribution in [2.75, 3.05) is 6.54 Å². The molecule has 9 heteroatoms. The number of hydrazine groups is 1. The Balaban J connectivity index is 1.43. The number of likely N-dealkylation sites (tertiary alicyclic amines) is 1. The number of aliphatic hydroxyl groups is 1. The van der Waals surface area contributed by atoms with Crippen molar-refractivity contribution >= 4 is 17.7 Å². The van der Waals surface area contributed by atoms with Gasteiger partial charge in [0.05, 0.1) is 24.2 Å². The van der Waals surface area contributed by atoms with Crippen LogP contribution >= 0.6 is 0 Å². The van der Waals surface area contributed by atoms with Crippen LogP contribution in [-0.2, 0) is 16.0 Å². The Labute approximate surface area is 223 Å². The van der Waals surface area contributed by atoms with Gasteiger partial charge in [0.1, 0.15) is 5.82 Å². The molecular weight excluding hydrogens is 487 g/mol. The highest BCUT2D eigenvalue weighted by Gasteiger charge is 2.44. The van der Waals surface area contributed by atoms with Crippen LogP contribution in [0.25, 0.3) is 0 Å². The van der Waals surface area contributed by atoms with Crippen molar-refractivity contribution < 1.29 is 23.9 Å². The maximum Gasteiger partial charge on any atom is 0.251 e. The van der Waals surface area contributed by atoms with Crippen molar-refractivity contribution in [1.82, 2.24) is 21.1 Å². The maximum absolute atomic E-state index is 13.9. The first-order valence-electron chi connectivity index (χ1n) is 13.2. The minimum Gasteiger partial charge on any atom is -0.388 e. The molecule has 4 N–H and O–H groups in total. The normalized spacial score (nSPS) is 23.7. The number of nitrogens with one attached hydrogen (secondary N) is 3. The lowest BCUT2D eigenvalue weighted by atomic mass is 9.89. The van der Waals surface area contributed by atoms with E-state index in [1.165, 1.54) is 12.1 Å². The zero-order chi connectivity index (χ0) is 27.6. The molecule has 38 heavy (non-hydrogen) atoms. The second-order valence-corrected chi connectivity index (χ2v) is 11.1. The van der Waals surface area contributed by atoms with E-state index in [4.69, 9.17) is 0 Å². The zero-order valence-electron chi connectivity index (χ0n) is 22.4. The van der Waals surface area contributed by atoms with Crippen LogP contribution in [0.1, 0.15) is 73.1 Å². The molecular formula is C29H37FN4O4. The predicted octanol–water partition coefficient (Wildman–Crippen LogP) is 2.94. The number of nitrogens with zero attached hydrogens (tertiary/aromatic N) is 1. The first kappa shape index (κ1) is 27.7. The Kier molecular flexibility index (Phi) is 8.18. The first-order chi connectivity index (χ1) is 17.9. The average Bonchev–Trinajstić information content (AvgIpc) is 3.32. The monoisotopic (exact) mass is 524 g/mol. The van der Waals surface area contributed by atoms with Gasteiger partial charge in [-0.3, -0.25) is 19.8 Å². The van der Waals surface area contributed by atoms with E-state index < -0.39 is 11.6 Å². The van der Waals surface area contributed by atoms with Crippen molar-refractivity contribution in [3.05, 3.63) is 70.5 Å². The number of amides is 3. The van der Waals surface area contributed by atoms with Crippen LogP contribution in [0.5, 0.6) is 0 Å². The van der Waals surface area contributed by atoms with E-state index in [1.807, 2.05) is 19.9 Å². The Hall–Kier alpha value is -3.30. The molecule has 2 aliphatic heterocycles. The number of rotatable bonds is 7. The number of carbonyl (C=O) groups is 3. The van der Waals surface area contributed by atoms with E-state index in [2.05, 4.69) is 16.2 Å². The molecule has 0 saturated carbocycles. The molecule has 2 saturated heterocycles. The molecule has 0 spiro atoms. The lowest BCUT2D eigenvalue weighted by Crippen LogP contribution is -2.52. The number of carbonyl (C=O) groups excluding carboxylic acids is 3. The van der Waals surface area contributed by atoms with Crippen molar-refractivity contribution in [2.24, 2.45) is 5.92 Å². The van der Waals surface area contributed by atoms with E-state index >= 15 is 0 Å². The predicted molar refractivity (Wildman–Crippen MR) is 141 cm³/mol. The van der Waals surface area contributed by atoms with Gasteiger partial charge in [0.15, 0.2) is 0 Å². The maximum atomic E-state index is 13.9. The Morgan fingerprint density at radius 2 is 1.95 bits per heavy atom. The van der Waals surface area contributed by atoms with Crippen molar-refractivity contribution in [2.45, 2.75) is 77.1 Å². The SMILES string of the molecule is Cc1cc(C(=O)NCC(=O)N2[C@H](c3cccc(F)c3)CC[C@@H]2C(C)(C)O)ccc1CC1CC(C)NNC1=O. The summed E-state index contributed by atoms with van der Waals surface area (Å²) in [4.78, 5) is 40.1. The molecule has 204 valence electrons. The van der Waals surface area contributed by atoms with Gasteiger partial charge in [-0.25, -0.2) is 9.82 Å². The third-order valence-corrected chi connectivity index (χ3v) is 7.64. The van der Waals surface area contributed by atoms with Crippen LogP contribution in [0.3, 0.4) is 0 Å². The van der Waals surface area contributed by atoms with Gasteiger partial charge in [-0.05, 0) is 94.3 Å². The largest absolute Gasteiger partial charge is 0.388 e. The Morgan fingerprint density at radius 3 is 2.63 bits per heavy atom. The molecule has 0 radical (unpaired) electrons. The van der Waals surface area contributed by atoms with Crippen molar-refractivity contribution in [1.29, 1.82) is 0 Å². The molecule has 8 nitrogen and oxygen atoms in total. The van der Waals surface area contributed by atoms with E-state index in [0.29, 0.717) is 30.4 Å². The molecule has 2 aromatic carbocycles. The summed E-state index contributed by atoms with van der Waals surface area (Å²) in [6.07, 6.45) is 2.47. The summed E-state index contributed by atoms with van der Waals surface area (Å²) in [6.45, 7) is 6.98. The molecule has 0 bridgehead atoms. The fraction of sp³-hybridized carbons (Fsp3) is 0.483. The smallest absolute Gasteiger partial charge is 0.251 e. The molecule has 2 aromatic rings. The fourth-order valence-corrected chi connectivity index (χ4v) is 5.64. The summed E-state index contributed by atoms with van der Waals surface area (Å²) < 4.78 is 13.9.